The van der Waals surface area contributed by atoms with Crippen LogP contribution < -0.4 is 10.6 Å². The molecule has 0 aromatic rings. The van der Waals surface area contributed by atoms with Crippen molar-refractivity contribution in [2.45, 2.75) is 24.9 Å². The quantitative estimate of drug-likeness (QED) is 0.526. The zero-order chi connectivity index (χ0) is 5.98. The van der Waals surface area contributed by atoms with Crippen molar-refractivity contribution in [1.29, 1.82) is 0 Å². The molecule has 0 aliphatic heterocycles. The lowest BCUT2D eigenvalue weighted by molar-refractivity contribution is 0.264. The van der Waals surface area contributed by atoms with E-state index in [4.69, 9.17) is 0 Å². The Balaban J connectivity index is 2.16. The SMILES string of the molecule is CN[C@@H]1CC[C@H]1NC. The van der Waals surface area contributed by atoms with E-state index in [-0.39, 0.29) is 0 Å². The van der Waals surface area contributed by atoms with E-state index in [9.17, 15) is 0 Å². The summed E-state index contributed by atoms with van der Waals surface area (Å²) in [5.74, 6) is 0. The highest BCUT2D eigenvalue weighted by Crippen LogP contribution is 2.18. The Morgan fingerprint density at radius 3 is 1.50 bits per heavy atom. The summed E-state index contributed by atoms with van der Waals surface area (Å²) in [5.41, 5.74) is 0. The van der Waals surface area contributed by atoms with E-state index in [1.54, 1.807) is 0 Å². The second kappa shape index (κ2) is 2.46. The van der Waals surface area contributed by atoms with Crippen molar-refractivity contribution >= 4 is 0 Å². The number of likely N-dealkylation sites (N-methyl/N-ethyl adjacent to an activating group) is 2. The first-order chi connectivity index (χ1) is 3.88. The molecule has 0 spiro atoms. The highest BCUT2D eigenvalue weighted by Gasteiger charge is 2.26. The van der Waals surface area contributed by atoms with Crippen LogP contribution >= 0.6 is 0 Å². The van der Waals surface area contributed by atoms with Gasteiger partial charge in [-0.05, 0) is 26.9 Å². The summed E-state index contributed by atoms with van der Waals surface area (Å²) in [7, 11) is 4.04. The van der Waals surface area contributed by atoms with Crippen molar-refractivity contribution in [1.82, 2.24) is 10.6 Å². The van der Waals surface area contributed by atoms with Gasteiger partial charge < -0.3 is 10.6 Å². The molecule has 1 aliphatic carbocycles. The molecule has 8 heavy (non-hydrogen) atoms. The highest BCUT2D eigenvalue weighted by molar-refractivity contribution is 4.90. The Morgan fingerprint density at radius 2 is 1.38 bits per heavy atom. The van der Waals surface area contributed by atoms with E-state index in [1.165, 1.54) is 12.8 Å². The summed E-state index contributed by atoms with van der Waals surface area (Å²) in [5, 5.41) is 6.48. The summed E-state index contributed by atoms with van der Waals surface area (Å²) in [6.07, 6.45) is 2.67. The van der Waals surface area contributed by atoms with Gasteiger partial charge >= 0.3 is 0 Å². The van der Waals surface area contributed by atoms with Crippen molar-refractivity contribution in [3.63, 3.8) is 0 Å². The van der Waals surface area contributed by atoms with Gasteiger partial charge in [0, 0.05) is 12.1 Å². The predicted octanol–water partition coefficient (Wildman–Crippen LogP) is -0.0438. The minimum absolute atomic E-state index is 0.736. The van der Waals surface area contributed by atoms with Gasteiger partial charge in [0.2, 0.25) is 0 Å². The standard InChI is InChI=1S/C6H14N2/c1-7-5-3-4-6(5)8-2/h5-8H,3-4H2,1-2H3/t5-,6-/m1/s1. The van der Waals surface area contributed by atoms with E-state index >= 15 is 0 Å². The third kappa shape index (κ3) is 0.858. The van der Waals surface area contributed by atoms with Gasteiger partial charge in [0.1, 0.15) is 0 Å². The smallest absolute Gasteiger partial charge is 0.0218 e. The Labute approximate surface area is 50.7 Å². The summed E-state index contributed by atoms with van der Waals surface area (Å²) < 4.78 is 0. The number of rotatable bonds is 2. The predicted molar refractivity (Wildman–Crippen MR) is 34.9 cm³/mol. The zero-order valence-corrected chi connectivity index (χ0v) is 5.57. The molecule has 0 bridgehead atoms. The van der Waals surface area contributed by atoms with Gasteiger partial charge in [0.15, 0.2) is 0 Å². The Morgan fingerprint density at radius 1 is 1.00 bits per heavy atom. The maximum atomic E-state index is 3.24. The normalized spacial score (nSPS) is 36.8. The van der Waals surface area contributed by atoms with Gasteiger partial charge in [0.05, 0.1) is 0 Å². The zero-order valence-electron chi connectivity index (χ0n) is 5.57. The molecule has 2 N–H and O–H groups in total. The lowest BCUT2D eigenvalue weighted by Crippen LogP contribution is -2.52. The molecule has 0 heterocycles. The lowest BCUT2D eigenvalue weighted by atomic mass is 9.87. The Hall–Kier alpha value is -0.0800. The molecule has 1 rings (SSSR count). The molecule has 0 aromatic heterocycles. The molecule has 1 saturated carbocycles. The maximum absolute atomic E-state index is 3.24. The van der Waals surface area contributed by atoms with Crippen LogP contribution in [0, 0.1) is 0 Å². The van der Waals surface area contributed by atoms with Crippen LogP contribution in [-0.4, -0.2) is 26.2 Å². The van der Waals surface area contributed by atoms with Crippen LogP contribution in [0.5, 0.6) is 0 Å². The van der Waals surface area contributed by atoms with Crippen LogP contribution in [0.2, 0.25) is 0 Å². The van der Waals surface area contributed by atoms with E-state index in [2.05, 4.69) is 10.6 Å². The van der Waals surface area contributed by atoms with Crippen molar-refractivity contribution in [3.8, 4) is 0 Å². The monoisotopic (exact) mass is 114 g/mol. The maximum Gasteiger partial charge on any atom is 0.0218 e. The Kier molecular flexibility index (Phi) is 1.86. The molecule has 48 valence electrons. The molecule has 2 nitrogen and oxygen atoms in total. The molecule has 2 heteroatoms. The van der Waals surface area contributed by atoms with Gasteiger partial charge in [-0.2, -0.15) is 0 Å². The molecule has 2 atom stereocenters. The molecule has 1 aliphatic rings. The van der Waals surface area contributed by atoms with Gasteiger partial charge in [-0.1, -0.05) is 0 Å². The average Bonchev–Trinajstić information content (AvgIpc) is 1.66. The molecule has 0 radical (unpaired) electrons. The van der Waals surface area contributed by atoms with Crippen LogP contribution in [-0.2, 0) is 0 Å². The molecule has 0 amide bonds. The Bertz CT molecular complexity index is 58.9. The molecule has 0 saturated heterocycles. The van der Waals surface area contributed by atoms with Crippen LogP contribution in [0.25, 0.3) is 0 Å². The van der Waals surface area contributed by atoms with Crippen LogP contribution in [0.4, 0.5) is 0 Å². The second-order valence-electron chi connectivity index (χ2n) is 2.37. The summed E-state index contributed by atoms with van der Waals surface area (Å²) >= 11 is 0. The number of nitrogens with one attached hydrogen (secondary N) is 2. The third-order valence-corrected chi connectivity index (χ3v) is 2.02. The van der Waals surface area contributed by atoms with Gasteiger partial charge in [-0.3, -0.25) is 0 Å². The fraction of sp³-hybridized carbons (Fsp3) is 1.00. The minimum atomic E-state index is 0.736. The van der Waals surface area contributed by atoms with Crippen molar-refractivity contribution in [2.75, 3.05) is 14.1 Å². The van der Waals surface area contributed by atoms with Crippen LogP contribution in [0.15, 0.2) is 0 Å². The molecule has 1 fully saturated rings. The minimum Gasteiger partial charge on any atom is -0.315 e. The van der Waals surface area contributed by atoms with E-state index in [1.807, 2.05) is 14.1 Å². The van der Waals surface area contributed by atoms with Crippen molar-refractivity contribution < 1.29 is 0 Å². The van der Waals surface area contributed by atoms with Crippen LogP contribution in [0.1, 0.15) is 12.8 Å². The van der Waals surface area contributed by atoms with Gasteiger partial charge in [-0.15, -0.1) is 0 Å². The van der Waals surface area contributed by atoms with E-state index in [0.717, 1.165) is 12.1 Å². The molecular weight excluding hydrogens is 100 g/mol. The summed E-state index contributed by atoms with van der Waals surface area (Å²) in [6.45, 7) is 0. The largest absolute Gasteiger partial charge is 0.315 e. The van der Waals surface area contributed by atoms with Gasteiger partial charge in [-0.25, -0.2) is 0 Å². The highest BCUT2D eigenvalue weighted by atomic mass is 15.0. The third-order valence-electron chi connectivity index (χ3n) is 2.02. The number of hydrogen-bond donors (Lipinski definition) is 2. The summed E-state index contributed by atoms with van der Waals surface area (Å²) in [4.78, 5) is 0. The lowest BCUT2D eigenvalue weighted by Gasteiger charge is -2.35. The molecule has 0 aromatic carbocycles. The van der Waals surface area contributed by atoms with E-state index < -0.39 is 0 Å². The van der Waals surface area contributed by atoms with Gasteiger partial charge in [0.25, 0.3) is 0 Å². The first-order valence-corrected chi connectivity index (χ1v) is 3.23. The van der Waals surface area contributed by atoms with E-state index in [0.29, 0.717) is 0 Å². The molecule has 0 unspecified atom stereocenters. The van der Waals surface area contributed by atoms with Crippen molar-refractivity contribution in [2.24, 2.45) is 0 Å². The number of hydrogen-bond acceptors (Lipinski definition) is 2. The fourth-order valence-corrected chi connectivity index (χ4v) is 1.19. The van der Waals surface area contributed by atoms with Crippen molar-refractivity contribution in [3.05, 3.63) is 0 Å². The first-order valence-electron chi connectivity index (χ1n) is 3.23. The second-order valence-corrected chi connectivity index (χ2v) is 2.37. The fourth-order valence-electron chi connectivity index (χ4n) is 1.19. The average molecular weight is 114 g/mol. The summed E-state index contributed by atoms with van der Waals surface area (Å²) in [6, 6.07) is 1.47. The topological polar surface area (TPSA) is 24.1 Å². The first kappa shape index (κ1) is 6.05. The van der Waals surface area contributed by atoms with Crippen LogP contribution in [0.3, 0.4) is 0 Å². The molecular formula is C6H14N2.